The Hall–Kier alpha value is -0.860. The zero-order valence-corrected chi connectivity index (χ0v) is 11.4. The first kappa shape index (κ1) is 12.2. The Bertz CT molecular complexity index is 382. The fourth-order valence-corrected chi connectivity index (χ4v) is 3.03. The average molecular weight is 246 g/mol. The third-order valence-corrected chi connectivity index (χ3v) is 4.95. The predicted molar refractivity (Wildman–Crippen MR) is 72.0 cm³/mol. The van der Waals surface area contributed by atoms with Gasteiger partial charge < -0.3 is 9.47 Å². The summed E-state index contributed by atoms with van der Waals surface area (Å²) >= 11 is 0. The zero-order valence-electron chi connectivity index (χ0n) is 11.4. The van der Waals surface area contributed by atoms with Gasteiger partial charge >= 0.3 is 0 Å². The van der Waals surface area contributed by atoms with Crippen molar-refractivity contribution in [2.75, 3.05) is 26.4 Å². The lowest BCUT2D eigenvalue weighted by atomic mass is 9.71. The summed E-state index contributed by atoms with van der Waals surface area (Å²) in [6.07, 6.45) is 2.32. The van der Waals surface area contributed by atoms with Crippen LogP contribution in [0, 0.1) is 0 Å². The molecule has 0 spiro atoms. The molecule has 0 amide bonds. The van der Waals surface area contributed by atoms with Crippen LogP contribution in [0.2, 0.25) is 0 Å². The molecule has 1 aromatic rings. The van der Waals surface area contributed by atoms with E-state index in [1.807, 2.05) is 0 Å². The van der Waals surface area contributed by atoms with Gasteiger partial charge in [0.1, 0.15) is 0 Å². The van der Waals surface area contributed by atoms with Crippen LogP contribution in [0.5, 0.6) is 0 Å². The van der Waals surface area contributed by atoms with E-state index in [1.54, 1.807) is 0 Å². The zero-order chi connectivity index (χ0) is 12.6. The lowest BCUT2D eigenvalue weighted by molar-refractivity contribution is -0.0656. The maximum atomic E-state index is 5.45. The van der Waals surface area contributed by atoms with Crippen molar-refractivity contribution in [2.45, 2.75) is 37.5 Å². The molecule has 98 valence electrons. The quantitative estimate of drug-likeness (QED) is 0.813. The summed E-state index contributed by atoms with van der Waals surface area (Å²) in [6, 6.07) is 9.13. The summed E-state index contributed by atoms with van der Waals surface area (Å²) in [6.45, 7) is 8.03. The average Bonchev–Trinajstić information content (AvgIpc) is 2.28. The number of ether oxygens (including phenoxy) is 2. The summed E-state index contributed by atoms with van der Waals surface area (Å²) in [5.74, 6) is 0. The van der Waals surface area contributed by atoms with Gasteiger partial charge in [0.15, 0.2) is 0 Å². The van der Waals surface area contributed by atoms with Gasteiger partial charge in [-0.15, -0.1) is 0 Å². The third-order valence-electron chi connectivity index (χ3n) is 4.95. The van der Waals surface area contributed by atoms with Crippen LogP contribution in [0.25, 0.3) is 0 Å². The van der Waals surface area contributed by atoms with E-state index in [2.05, 4.69) is 38.1 Å². The highest BCUT2D eigenvalue weighted by atomic mass is 16.5. The Morgan fingerprint density at radius 1 is 0.889 bits per heavy atom. The lowest BCUT2D eigenvalue weighted by Crippen LogP contribution is -2.48. The van der Waals surface area contributed by atoms with Gasteiger partial charge in [-0.1, -0.05) is 38.1 Å². The molecular formula is C16H22O2. The molecule has 1 aromatic carbocycles. The summed E-state index contributed by atoms with van der Waals surface area (Å²) < 4.78 is 10.9. The second-order valence-electron chi connectivity index (χ2n) is 5.83. The van der Waals surface area contributed by atoms with Crippen LogP contribution in [0.3, 0.4) is 0 Å². The van der Waals surface area contributed by atoms with Gasteiger partial charge in [0.05, 0.1) is 26.4 Å². The molecule has 0 atom stereocenters. The Morgan fingerprint density at radius 2 is 1.33 bits per heavy atom. The first-order valence-corrected chi connectivity index (χ1v) is 7.01. The Balaban J connectivity index is 1.94. The molecule has 2 saturated heterocycles. The van der Waals surface area contributed by atoms with E-state index in [-0.39, 0.29) is 10.8 Å². The van der Waals surface area contributed by atoms with Gasteiger partial charge in [-0.2, -0.15) is 0 Å². The van der Waals surface area contributed by atoms with Crippen molar-refractivity contribution in [2.24, 2.45) is 0 Å². The number of hydrogen-bond acceptors (Lipinski definition) is 2. The van der Waals surface area contributed by atoms with E-state index >= 15 is 0 Å². The molecule has 0 bridgehead atoms. The van der Waals surface area contributed by atoms with Gasteiger partial charge in [0, 0.05) is 10.8 Å². The Kier molecular flexibility index (Phi) is 2.95. The first-order chi connectivity index (χ1) is 8.75. The molecule has 0 radical (unpaired) electrons. The molecule has 2 heterocycles. The molecular weight excluding hydrogens is 224 g/mol. The predicted octanol–water partition coefficient (Wildman–Crippen LogP) is 3.04. The van der Waals surface area contributed by atoms with Crippen molar-refractivity contribution in [3.63, 3.8) is 0 Å². The van der Waals surface area contributed by atoms with Crippen LogP contribution >= 0.6 is 0 Å². The van der Waals surface area contributed by atoms with Crippen LogP contribution in [-0.2, 0) is 20.3 Å². The third kappa shape index (κ3) is 1.63. The first-order valence-electron chi connectivity index (χ1n) is 7.01. The normalized spacial score (nSPS) is 24.1. The Morgan fingerprint density at radius 3 is 1.61 bits per heavy atom. The molecule has 2 heteroatoms. The highest BCUT2D eigenvalue weighted by molar-refractivity contribution is 5.37. The molecule has 0 aliphatic carbocycles. The van der Waals surface area contributed by atoms with Crippen molar-refractivity contribution in [3.8, 4) is 0 Å². The summed E-state index contributed by atoms with van der Waals surface area (Å²) in [5, 5.41) is 0. The second kappa shape index (κ2) is 4.36. The molecule has 0 aromatic heterocycles. The van der Waals surface area contributed by atoms with E-state index in [1.165, 1.54) is 11.1 Å². The van der Waals surface area contributed by atoms with Crippen LogP contribution in [0.15, 0.2) is 24.3 Å². The SMILES string of the molecule is CCC1(c2cccc(C3(CC)COC3)c2)COC1. The summed E-state index contributed by atoms with van der Waals surface area (Å²) in [7, 11) is 0. The maximum Gasteiger partial charge on any atom is 0.0585 e. The topological polar surface area (TPSA) is 18.5 Å². The molecule has 18 heavy (non-hydrogen) atoms. The van der Waals surface area contributed by atoms with Crippen LogP contribution in [-0.4, -0.2) is 26.4 Å². The van der Waals surface area contributed by atoms with Gasteiger partial charge in [-0.05, 0) is 24.0 Å². The molecule has 0 saturated carbocycles. The fraction of sp³-hybridized carbons (Fsp3) is 0.625. The standard InChI is InChI=1S/C16H22O2/c1-3-15(9-17-10-15)13-6-5-7-14(8-13)16(4-2)11-18-12-16/h5-8H,3-4,9-12H2,1-2H3. The molecule has 2 fully saturated rings. The molecule has 2 aliphatic rings. The monoisotopic (exact) mass is 246 g/mol. The van der Waals surface area contributed by atoms with Gasteiger partial charge in [0.25, 0.3) is 0 Å². The number of benzene rings is 1. The molecule has 2 nitrogen and oxygen atoms in total. The van der Waals surface area contributed by atoms with Crippen molar-refractivity contribution in [1.29, 1.82) is 0 Å². The van der Waals surface area contributed by atoms with E-state index in [9.17, 15) is 0 Å². The minimum atomic E-state index is 0.273. The van der Waals surface area contributed by atoms with E-state index in [0.29, 0.717) is 0 Å². The van der Waals surface area contributed by atoms with E-state index < -0.39 is 0 Å². The summed E-state index contributed by atoms with van der Waals surface area (Å²) in [5.41, 5.74) is 3.45. The molecule has 3 rings (SSSR count). The summed E-state index contributed by atoms with van der Waals surface area (Å²) in [4.78, 5) is 0. The molecule has 2 aliphatic heterocycles. The smallest absolute Gasteiger partial charge is 0.0585 e. The van der Waals surface area contributed by atoms with Crippen LogP contribution < -0.4 is 0 Å². The largest absolute Gasteiger partial charge is 0.379 e. The highest BCUT2D eigenvalue weighted by Gasteiger charge is 2.42. The van der Waals surface area contributed by atoms with E-state index in [4.69, 9.17) is 9.47 Å². The van der Waals surface area contributed by atoms with Gasteiger partial charge in [-0.25, -0.2) is 0 Å². The fourth-order valence-electron chi connectivity index (χ4n) is 3.03. The maximum absolute atomic E-state index is 5.45. The van der Waals surface area contributed by atoms with Crippen molar-refractivity contribution in [1.82, 2.24) is 0 Å². The van der Waals surface area contributed by atoms with Crippen LogP contribution in [0.1, 0.15) is 37.8 Å². The minimum absolute atomic E-state index is 0.273. The highest BCUT2D eigenvalue weighted by Crippen LogP contribution is 2.40. The molecule has 0 unspecified atom stereocenters. The van der Waals surface area contributed by atoms with E-state index in [0.717, 1.165) is 39.3 Å². The number of hydrogen-bond donors (Lipinski definition) is 0. The van der Waals surface area contributed by atoms with Crippen molar-refractivity contribution < 1.29 is 9.47 Å². The molecule has 0 N–H and O–H groups in total. The lowest BCUT2D eigenvalue weighted by Gasteiger charge is -2.44. The van der Waals surface area contributed by atoms with Gasteiger partial charge in [0.2, 0.25) is 0 Å². The second-order valence-corrected chi connectivity index (χ2v) is 5.83. The van der Waals surface area contributed by atoms with Gasteiger partial charge in [-0.3, -0.25) is 0 Å². The minimum Gasteiger partial charge on any atom is -0.379 e. The number of rotatable bonds is 4. The van der Waals surface area contributed by atoms with Crippen molar-refractivity contribution in [3.05, 3.63) is 35.4 Å². The van der Waals surface area contributed by atoms with Crippen molar-refractivity contribution >= 4 is 0 Å². The Labute approximate surface area is 109 Å². The van der Waals surface area contributed by atoms with Crippen LogP contribution in [0.4, 0.5) is 0 Å².